The fourth-order valence-electron chi connectivity index (χ4n) is 4.19. The quantitative estimate of drug-likeness (QED) is 0.470. The smallest absolute Gasteiger partial charge is 0.261 e. The summed E-state index contributed by atoms with van der Waals surface area (Å²) in [7, 11) is -3.69. The Morgan fingerprint density at radius 1 is 1.10 bits per heavy atom. The van der Waals surface area contributed by atoms with E-state index in [1.54, 1.807) is 24.3 Å². The molecule has 0 amide bonds. The van der Waals surface area contributed by atoms with E-state index in [4.69, 9.17) is 0 Å². The SMILES string of the molecule is C[C@@H](CC1CCCC1)NCc1ccccc1NS(=O)(=O)c1ccc(-c2csnn2)cc1. The standard InChI is InChI=1S/C23H28N4O2S2/c1-17(14-18-6-2-3-7-18)24-15-20-8-4-5-9-22(20)26-31(28,29)21-12-10-19(11-13-21)23-16-30-27-25-23/h4-5,8-13,16-18,24,26H,2-3,6-7,14-15H2,1H3/t17-/m0/s1. The molecule has 1 fully saturated rings. The van der Waals surface area contributed by atoms with Crippen molar-refractivity contribution < 1.29 is 8.42 Å². The molecular weight excluding hydrogens is 428 g/mol. The molecule has 4 rings (SSSR count). The maximum absolute atomic E-state index is 13.0. The number of para-hydroxylation sites is 1. The first-order valence-electron chi connectivity index (χ1n) is 10.7. The molecule has 1 aromatic heterocycles. The van der Waals surface area contributed by atoms with Gasteiger partial charge in [0.05, 0.1) is 10.6 Å². The van der Waals surface area contributed by atoms with Gasteiger partial charge in [-0.3, -0.25) is 4.72 Å². The van der Waals surface area contributed by atoms with Crippen molar-refractivity contribution in [2.75, 3.05) is 4.72 Å². The first kappa shape index (κ1) is 21.9. The number of rotatable bonds is 9. The molecular formula is C23H28N4O2S2. The van der Waals surface area contributed by atoms with Gasteiger partial charge in [-0.25, -0.2) is 8.42 Å². The zero-order valence-corrected chi connectivity index (χ0v) is 19.3. The summed E-state index contributed by atoms with van der Waals surface area (Å²) in [5, 5.41) is 9.42. The molecule has 0 aliphatic heterocycles. The summed E-state index contributed by atoms with van der Waals surface area (Å²) >= 11 is 1.26. The van der Waals surface area contributed by atoms with Gasteiger partial charge in [0.1, 0.15) is 5.69 Å². The van der Waals surface area contributed by atoms with Crippen molar-refractivity contribution in [1.29, 1.82) is 0 Å². The van der Waals surface area contributed by atoms with E-state index < -0.39 is 10.0 Å². The lowest BCUT2D eigenvalue weighted by Gasteiger charge is -2.19. The summed E-state index contributed by atoms with van der Waals surface area (Å²) in [6, 6.07) is 14.7. The van der Waals surface area contributed by atoms with Crippen LogP contribution in [0.3, 0.4) is 0 Å². The van der Waals surface area contributed by atoms with Gasteiger partial charge in [0, 0.05) is 23.5 Å². The zero-order valence-electron chi connectivity index (χ0n) is 17.6. The third-order valence-electron chi connectivity index (χ3n) is 5.88. The molecule has 6 nitrogen and oxygen atoms in total. The minimum absolute atomic E-state index is 0.219. The monoisotopic (exact) mass is 456 g/mol. The maximum atomic E-state index is 13.0. The lowest BCUT2D eigenvalue weighted by molar-refractivity contribution is 0.404. The third-order valence-corrected chi connectivity index (χ3v) is 7.77. The van der Waals surface area contributed by atoms with Crippen molar-refractivity contribution in [2.24, 2.45) is 5.92 Å². The highest BCUT2D eigenvalue weighted by Gasteiger charge is 2.19. The van der Waals surface area contributed by atoms with Crippen LogP contribution in [0.15, 0.2) is 58.8 Å². The van der Waals surface area contributed by atoms with Gasteiger partial charge in [-0.05, 0) is 54.6 Å². The topological polar surface area (TPSA) is 84.0 Å². The lowest BCUT2D eigenvalue weighted by Crippen LogP contribution is -2.28. The molecule has 1 atom stereocenters. The molecule has 1 aliphatic rings. The molecule has 1 saturated carbocycles. The Hall–Kier alpha value is -2.29. The van der Waals surface area contributed by atoms with Crippen LogP contribution in [0.25, 0.3) is 11.3 Å². The molecule has 2 N–H and O–H groups in total. The summed E-state index contributed by atoms with van der Waals surface area (Å²) in [5.74, 6) is 0.819. The van der Waals surface area contributed by atoms with Crippen molar-refractivity contribution in [2.45, 2.75) is 56.5 Å². The molecule has 0 bridgehead atoms. The lowest BCUT2D eigenvalue weighted by atomic mass is 9.99. The predicted molar refractivity (Wildman–Crippen MR) is 125 cm³/mol. The molecule has 3 aromatic rings. The van der Waals surface area contributed by atoms with Gasteiger partial charge in [0.2, 0.25) is 0 Å². The van der Waals surface area contributed by atoms with Crippen LogP contribution in [-0.2, 0) is 16.6 Å². The van der Waals surface area contributed by atoms with Crippen molar-refractivity contribution in [3.63, 3.8) is 0 Å². The number of hydrogen-bond donors (Lipinski definition) is 2. The van der Waals surface area contributed by atoms with Crippen molar-refractivity contribution in [3.05, 3.63) is 59.5 Å². The molecule has 0 saturated heterocycles. The van der Waals surface area contributed by atoms with Gasteiger partial charge in [-0.1, -0.05) is 60.5 Å². The largest absolute Gasteiger partial charge is 0.310 e. The molecule has 31 heavy (non-hydrogen) atoms. The Morgan fingerprint density at radius 3 is 2.55 bits per heavy atom. The van der Waals surface area contributed by atoms with E-state index >= 15 is 0 Å². The first-order chi connectivity index (χ1) is 15.0. The second-order valence-electron chi connectivity index (χ2n) is 8.25. The van der Waals surface area contributed by atoms with Crippen LogP contribution in [0.1, 0.15) is 44.6 Å². The Morgan fingerprint density at radius 2 is 1.84 bits per heavy atom. The molecule has 0 spiro atoms. The molecule has 164 valence electrons. The Balaban J connectivity index is 1.42. The van der Waals surface area contributed by atoms with Crippen LogP contribution < -0.4 is 10.0 Å². The van der Waals surface area contributed by atoms with E-state index in [9.17, 15) is 8.42 Å². The summed E-state index contributed by atoms with van der Waals surface area (Å²) < 4.78 is 32.5. The second-order valence-corrected chi connectivity index (χ2v) is 10.5. The Labute approximate surface area is 188 Å². The van der Waals surface area contributed by atoms with Gasteiger partial charge < -0.3 is 5.32 Å². The summed E-state index contributed by atoms with van der Waals surface area (Å²) in [4.78, 5) is 0.219. The number of nitrogens with zero attached hydrogens (tertiary/aromatic N) is 2. The van der Waals surface area contributed by atoms with E-state index in [-0.39, 0.29) is 4.90 Å². The van der Waals surface area contributed by atoms with E-state index in [1.165, 1.54) is 43.6 Å². The number of sulfonamides is 1. The van der Waals surface area contributed by atoms with Crippen LogP contribution in [0.2, 0.25) is 0 Å². The van der Waals surface area contributed by atoms with Crippen molar-refractivity contribution >= 4 is 27.2 Å². The van der Waals surface area contributed by atoms with Gasteiger partial charge >= 0.3 is 0 Å². The predicted octanol–water partition coefficient (Wildman–Crippen LogP) is 5.06. The van der Waals surface area contributed by atoms with Crippen LogP contribution in [0.4, 0.5) is 5.69 Å². The number of nitrogens with one attached hydrogen (secondary N) is 2. The normalized spacial score (nSPS) is 15.8. The highest BCUT2D eigenvalue weighted by Crippen LogP contribution is 2.29. The number of benzene rings is 2. The molecule has 0 radical (unpaired) electrons. The van der Waals surface area contributed by atoms with Crippen LogP contribution in [-0.4, -0.2) is 24.0 Å². The van der Waals surface area contributed by atoms with Crippen LogP contribution >= 0.6 is 11.5 Å². The van der Waals surface area contributed by atoms with Crippen LogP contribution in [0.5, 0.6) is 0 Å². The Bertz CT molecular complexity index is 1080. The average molecular weight is 457 g/mol. The average Bonchev–Trinajstić information content (AvgIpc) is 3.47. The number of anilines is 1. The maximum Gasteiger partial charge on any atom is 0.261 e. The van der Waals surface area contributed by atoms with Gasteiger partial charge in [0.15, 0.2) is 0 Å². The second kappa shape index (κ2) is 9.89. The minimum Gasteiger partial charge on any atom is -0.310 e. The molecule has 0 unspecified atom stereocenters. The van der Waals surface area contributed by atoms with Gasteiger partial charge in [-0.2, -0.15) is 0 Å². The van der Waals surface area contributed by atoms with Gasteiger partial charge in [-0.15, -0.1) is 5.10 Å². The number of hydrogen-bond acceptors (Lipinski definition) is 6. The summed E-state index contributed by atoms with van der Waals surface area (Å²) in [5.41, 5.74) is 3.13. The molecule has 1 aliphatic carbocycles. The minimum atomic E-state index is -3.69. The molecule has 1 heterocycles. The molecule has 8 heteroatoms. The third kappa shape index (κ3) is 5.70. The summed E-state index contributed by atoms with van der Waals surface area (Å²) in [6.07, 6.45) is 6.54. The first-order valence-corrected chi connectivity index (χ1v) is 13.0. The fourth-order valence-corrected chi connectivity index (χ4v) is 5.75. The van der Waals surface area contributed by atoms with E-state index in [1.807, 2.05) is 29.6 Å². The van der Waals surface area contributed by atoms with E-state index in [0.717, 1.165) is 22.7 Å². The highest BCUT2D eigenvalue weighted by atomic mass is 32.2. The highest BCUT2D eigenvalue weighted by molar-refractivity contribution is 7.92. The summed E-state index contributed by atoms with van der Waals surface area (Å²) in [6.45, 7) is 2.84. The number of aromatic nitrogens is 2. The van der Waals surface area contributed by atoms with Crippen LogP contribution in [0, 0.1) is 5.92 Å². The van der Waals surface area contributed by atoms with Crippen molar-refractivity contribution in [1.82, 2.24) is 14.9 Å². The zero-order chi connectivity index (χ0) is 21.7. The van der Waals surface area contributed by atoms with E-state index in [0.29, 0.717) is 18.3 Å². The van der Waals surface area contributed by atoms with Crippen molar-refractivity contribution in [3.8, 4) is 11.3 Å². The molecule has 2 aromatic carbocycles. The Kier molecular flexibility index (Phi) is 6.99. The van der Waals surface area contributed by atoms with Gasteiger partial charge in [0.25, 0.3) is 10.0 Å². The fraction of sp³-hybridized carbons (Fsp3) is 0.391. The van der Waals surface area contributed by atoms with E-state index in [2.05, 4.69) is 26.5 Å².